The fourth-order valence-corrected chi connectivity index (χ4v) is 3.19. The Labute approximate surface area is 197 Å². The molecule has 1 aliphatic rings. The third-order valence-electron chi connectivity index (χ3n) is 4.88. The number of rotatable bonds is 6. The van der Waals surface area contributed by atoms with Gasteiger partial charge in [-0.15, -0.1) is 0 Å². The number of alkyl halides is 3. The molecule has 2 amide bonds. The van der Waals surface area contributed by atoms with E-state index >= 15 is 0 Å². The first kappa shape index (κ1) is 24.2. The largest absolute Gasteiger partial charge is 0.488 e. The average molecular weight is 491 g/mol. The Bertz CT molecular complexity index is 1210. The molecule has 1 atom stereocenters. The first-order valence-electron chi connectivity index (χ1n) is 10.4. The number of benzene rings is 1. The van der Waals surface area contributed by atoms with Gasteiger partial charge in [-0.05, 0) is 30.3 Å². The number of hydrogen-bond acceptors (Lipinski definition) is 8. The van der Waals surface area contributed by atoms with E-state index in [0.29, 0.717) is 5.75 Å². The first-order valence-corrected chi connectivity index (χ1v) is 10.4. The van der Waals surface area contributed by atoms with Crippen molar-refractivity contribution in [3.63, 3.8) is 0 Å². The maximum atomic E-state index is 13.1. The molecule has 0 radical (unpaired) electrons. The van der Waals surface area contributed by atoms with E-state index in [-0.39, 0.29) is 48.7 Å². The van der Waals surface area contributed by atoms with Crippen LogP contribution in [0.5, 0.6) is 11.8 Å². The van der Waals surface area contributed by atoms with Crippen LogP contribution in [0.1, 0.15) is 5.56 Å². The van der Waals surface area contributed by atoms with Gasteiger partial charge in [0.2, 0.25) is 0 Å². The summed E-state index contributed by atoms with van der Waals surface area (Å²) < 4.78 is 50.1. The third-order valence-corrected chi connectivity index (χ3v) is 4.88. The Kier molecular flexibility index (Phi) is 6.98. The van der Waals surface area contributed by atoms with E-state index in [1.165, 1.54) is 35.4 Å². The number of carbonyl (C=O) groups excluding carboxylic acids is 1. The van der Waals surface area contributed by atoms with Gasteiger partial charge >= 0.3 is 18.2 Å². The zero-order chi connectivity index (χ0) is 25.0. The van der Waals surface area contributed by atoms with Crippen molar-refractivity contribution in [2.24, 2.45) is 0 Å². The summed E-state index contributed by atoms with van der Waals surface area (Å²) >= 11 is 0. The minimum atomic E-state index is -4.50. The Hall–Kier alpha value is -3.97. The summed E-state index contributed by atoms with van der Waals surface area (Å²) in [5.74, 6) is 0.535. The second-order valence-electron chi connectivity index (χ2n) is 7.40. The number of ether oxygens (including phenoxy) is 2. The summed E-state index contributed by atoms with van der Waals surface area (Å²) in [4.78, 5) is 26.6. The number of nitrogens with one attached hydrogen (secondary N) is 1. The van der Waals surface area contributed by atoms with Gasteiger partial charge in [0.25, 0.3) is 0 Å². The van der Waals surface area contributed by atoms with Gasteiger partial charge in [0.1, 0.15) is 25.1 Å². The molecule has 13 heteroatoms. The predicted octanol–water partition coefficient (Wildman–Crippen LogP) is 2.72. The number of aliphatic hydroxyl groups excluding tert-OH is 2. The molecule has 4 rings (SSSR count). The van der Waals surface area contributed by atoms with Crippen molar-refractivity contribution in [3.8, 4) is 23.0 Å². The standard InChI is InChI=1S/C22H20F3N5O5/c23-22(24,25)14-3-1-2-13(10-14)16-4-5-17-19(27-16)30(8-9-34-17)21(33)29-18-6-7-26-20(28-18)35-12-15(32)11-31/h1-7,10,15,31-32H,8-9,11-12H2,(H,26,28,29,33)/t15-/m0/s1. The molecule has 1 aromatic carbocycles. The Morgan fingerprint density at radius 3 is 2.83 bits per heavy atom. The fraction of sp³-hybridized carbons (Fsp3) is 0.273. The fourth-order valence-electron chi connectivity index (χ4n) is 3.19. The van der Waals surface area contributed by atoms with Crippen LogP contribution in [-0.4, -0.2) is 63.7 Å². The number of halogens is 3. The summed E-state index contributed by atoms with van der Waals surface area (Å²) in [6, 6.07) is 8.48. The lowest BCUT2D eigenvalue weighted by Crippen LogP contribution is -2.41. The van der Waals surface area contributed by atoms with E-state index in [1.54, 1.807) is 6.07 Å². The van der Waals surface area contributed by atoms with Crippen molar-refractivity contribution in [3.05, 3.63) is 54.2 Å². The molecule has 1 aliphatic heterocycles. The van der Waals surface area contributed by atoms with Crippen LogP contribution in [0.2, 0.25) is 0 Å². The van der Waals surface area contributed by atoms with Crippen LogP contribution < -0.4 is 19.7 Å². The number of fused-ring (bicyclic) bond motifs is 1. The molecule has 35 heavy (non-hydrogen) atoms. The van der Waals surface area contributed by atoms with E-state index in [9.17, 15) is 23.1 Å². The Morgan fingerprint density at radius 2 is 2.06 bits per heavy atom. The molecule has 0 bridgehead atoms. The normalized spacial score (nSPS) is 14.0. The number of nitrogens with zero attached hydrogens (tertiary/aromatic N) is 4. The van der Waals surface area contributed by atoms with E-state index < -0.39 is 30.5 Å². The molecule has 0 spiro atoms. The van der Waals surface area contributed by atoms with Gasteiger partial charge in [-0.1, -0.05) is 12.1 Å². The van der Waals surface area contributed by atoms with Crippen LogP contribution in [0.4, 0.5) is 29.6 Å². The minimum Gasteiger partial charge on any atom is -0.488 e. The highest BCUT2D eigenvalue weighted by Crippen LogP contribution is 2.35. The van der Waals surface area contributed by atoms with Gasteiger partial charge in [-0.25, -0.2) is 14.8 Å². The summed E-state index contributed by atoms with van der Waals surface area (Å²) in [5, 5.41) is 20.8. The zero-order valence-electron chi connectivity index (χ0n) is 18.1. The van der Waals surface area contributed by atoms with Crippen LogP contribution >= 0.6 is 0 Å². The average Bonchev–Trinajstić information content (AvgIpc) is 2.86. The van der Waals surface area contributed by atoms with Crippen LogP contribution in [-0.2, 0) is 6.18 Å². The van der Waals surface area contributed by atoms with Crippen molar-refractivity contribution in [2.45, 2.75) is 12.3 Å². The van der Waals surface area contributed by atoms with E-state index in [1.807, 2.05) is 0 Å². The summed E-state index contributed by atoms with van der Waals surface area (Å²) in [6.07, 6.45) is -4.28. The first-order chi connectivity index (χ1) is 16.7. The molecule has 0 saturated carbocycles. The van der Waals surface area contributed by atoms with Crippen LogP contribution in [0, 0.1) is 0 Å². The topological polar surface area (TPSA) is 130 Å². The van der Waals surface area contributed by atoms with Crippen LogP contribution in [0.25, 0.3) is 11.3 Å². The lowest BCUT2D eigenvalue weighted by atomic mass is 10.1. The van der Waals surface area contributed by atoms with E-state index in [2.05, 4.69) is 20.3 Å². The summed E-state index contributed by atoms with van der Waals surface area (Å²) in [5.41, 5.74) is -0.344. The van der Waals surface area contributed by atoms with Crippen molar-refractivity contribution < 1.29 is 37.7 Å². The lowest BCUT2D eigenvalue weighted by Gasteiger charge is -2.28. The second-order valence-corrected chi connectivity index (χ2v) is 7.40. The van der Waals surface area contributed by atoms with E-state index in [4.69, 9.17) is 14.6 Å². The smallest absolute Gasteiger partial charge is 0.416 e. The number of amides is 2. The van der Waals surface area contributed by atoms with Gasteiger partial charge < -0.3 is 19.7 Å². The molecule has 3 heterocycles. The van der Waals surface area contributed by atoms with Gasteiger partial charge in [0, 0.05) is 11.8 Å². The molecule has 0 fully saturated rings. The second kappa shape index (κ2) is 10.1. The molecule has 3 aromatic rings. The lowest BCUT2D eigenvalue weighted by molar-refractivity contribution is -0.137. The van der Waals surface area contributed by atoms with Crippen molar-refractivity contribution in [1.29, 1.82) is 0 Å². The summed E-state index contributed by atoms with van der Waals surface area (Å²) in [7, 11) is 0. The SMILES string of the molecule is O=C(Nc1ccnc(OC[C@@H](O)CO)n1)N1CCOc2ccc(-c3cccc(C(F)(F)F)c3)nc21. The molecule has 184 valence electrons. The van der Waals surface area contributed by atoms with E-state index in [0.717, 1.165) is 12.1 Å². The number of hydrogen-bond donors (Lipinski definition) is 3. The molecule has 0 unspecified atom stereocenters. The number of aliphatic hydroxyl groups is 2. The molecule has 3 N–H and O–H groups in total. The number of aromatic nitrogens is 3. The Morgan fingerprint density at radius 1 is 1.23 bits per heavy atom. The monoisotopic (exact) mass is 491 g/mol. The highest BCUT2D eigenvalue weighted by atomic mass is 19.4. The van der Waals surface area contributed by atoms with Gasteiger partial charge in [-0.3, -0.25) is 10.2 Å². The number of urea groups is 1. The Balaban J connectivity index is 1.55. The highest BCUT2D eigenvalue weighted by molar-refractivity contribution is 6.01. The number of anilines is 2. The zero-order valence-corrected chi connectivity index (χ0v) is 18.1. The molecule has 2 aromatic heterocycles. The number of carbonyl (C=O) groups is 1. The molecular formula is C22H20F3N5O5. The molecule has 0 aliphatic carbocycles. The predicted molar refractivity (Wildman–Crippen MR) is 117 cm³/mol. The quantitative estimate of drug-likeness (QED) is 0.480. The summed E-state index contributed by atoms with van der Waals surface area (Å²) in [6.45, 7) is -0.424. The van der Waals surface area contributed by atoms with Crippen molar-refractivity contribution >= 4 is 17.7 Å². The van der Waals surface area contributed by atoms with Gasteiger partial charge in [0.05, 0.1) is 24.4 Å². The number of pyridine rings is 1. The maximum absolute atomic E-state index is 13.1. The van der Waals surface area contributed by atoms with Gasteiger partial charge in [-0.2, -0.15) is 18.2 Å². The minimum absolute atomic E-state index is 0.0977. The van der Waals surface area contributed by atoms with Gasteiger partial charge in [0.15, 0.2) is 11.6 Å². The van der Waals surface area contributed by atoms with Crippen molar-refractivity contribution in [2.75, 3.05) is 36.6 Å². The van der Waals surface area contributed by atoms with Crippen LogP contribution in [0.3, 0.4) is 0 Å². The maximum Gasteiger partial charge on any atom is 0.416 e. The van der Waals surface area contributed by atoms with Crippen molar-refractivity contribution in [1.82, 2.24) is 15.0 Å². The van der Waals surface area contributed by atoms with Crippen LogP contribution in [0.15, 0.2) is 48.7 Å². The highest BCUT2D eigenvalue weighted by Gasteiger charge is 2.31. The third kappa shape index (κ3) is 5.75. The molecule has 10 nitrogen and oxygen atoms in total. The molecule has 0 saturated heterocycles. The molecular weight excluding hydrogens is 471 g/mol.